The maximum atomic E-state index is 13.0. The number of halogens is 1. The number of hydrogen-bond donors (Lipinski definition) is 1. The molecule has 2 aliphatic rings. The van der Waals surface area contributed by atoms with Crippen LogP contribution in [0.4, 0.5) is 4.39 Å². The normalized spacial score (nSPS) is 22.6. The summed E-state index contributed by atoms with van der Waals surface area (Å²) in [4.78, 5) is 30.7. The number of amides is 2. The Kier molecular flexibility index (Phi) is 2.94. The van der Waals surface area contributed by atoms with E-state index in [0.29, 0.717) is 30.6 Å². The number of nitrogens with one attached hydrogen (secondary N) is 1. The molecule has 6 heteroatoms. The van der Waals surface area contributed by atoms with Gasteiger partial charge in [0.05, 0.1) is 5.56 Å². The van der Waals surface area contributed by atoms with Crippen LogP contribution in [0.2, 0.25) is 0 Å². The second-order valence-electron chi connectivity index (χ2n) is 5.88. The lowest BCUT2D eigenvalue weighted by atomic mass is 9.90. The van der Waals surface area contributed by atoms with Crippen LogP contribution in [0.25, 0.3) is 0 Å². The van der Waals surface area contributed by atoms with Crippen molar-refractivity contribution in [2.75, 3.05) is 6.54 Å². The number of aromatic nitrogens is 1. The number of hydrogen-bond acceptors (Lipinski definition) is 3. The van der Waals surface area contributed by atoms with Crippen molar-refractivity contribution in [1.29, 1.82) is 0 Å². The minimum atomic E-state index is -0.977. The molecule has 2 amide bonds. The van der Waals surface area contributed by atoms with E-state index < -0.39 is 5.54 Å². The van der Waals surface area contributed by atoms with Crippen LogP contribution in [-0.4, -0.2) is 28.2 Å². The number of benzene rings is 1. The van der Waals surface area contributed by atoms with Crippen LogP contribution in [0.3, 0.4) is 0 Å². The summed E-state index contributed by atoms with van der Waals surface area (Å²) in [7, 11) is 0. The van der Waals surface area contributed by atoms with Gasteiger partial charge in [-0.25, -0.2) is 4.39 Å². The third kappa shape index (κ3) is 2.02. The van der Waals surface area contributed by atoms with Crippen molar-refractivity contribution in [1.82, 2.24) is 15.2 Å². The Morgan fingerprint density at radius 2 is 2.00 bits per heavy atom. The lowest BCUT2D eigenvalue weighted by molar-refractivity contribution is -0.133. The van der Waals surface area contributed by atoms with Crippen LogP contribution in [0.15, 0.2) is 42.7 Å². The molecule has 1 spiro atoms. The zero-order chi connectivity index (χ0) is 16.0. The van der Waals surface area contributed by atoms with E-state index >= 15 is 0 Å². The quantitative estimate of drug-likeness (QED) is 0.916. The maximum Gasteiger partial charge on any atom is 0.254 e. The minimum Gasteiger partial charge on any atom is -0.336 e. The fourth-order valence-electron chi connectivity index (χ4n) is 3.38. The molecule has 2 aliphatic heterocycles. The molecule has 4 rings (SSSR count). The van der Waals surface area contributed by atoms with Gasteiger partial charge in [0.1, 0.15) is 11.4 Å². The predicted molar refractivity (Wildman–Crippen MR) is 79.8 cm³/mol. The second-order valence-corrected chi connectivity index (χ2v) is 5.88. The summed E-state index contributed by atoms with van der Waals surface area (Å²) in [5, 5.41) is 2.84. The smallest absolute Gasteiger partial charge is 0.254 e. The molecule has 1 saturated heterocycles. The molecule has 1 atom stereocenters. The van der Waals surface area contributed by atoms with Gasteiger partial charge >= 0.3 is 0 Å². The third-order valence-corrected chi connectivity index (χ3v) is 4.55. The largest absolute Gasteiger partial charge is 0.336 e. The highest BCUT2D eigenvalue weighted by atomic mass is 19.1. The molecule has 0 bridgehead atoms. The fourth-order valence-corrected chi connectivity index (χ4v) is 3.38. The molecule has 0 saturated carbocycles. The first-order valence-corrected chi connectivity index (χ1v) is 7.41. The van der Waals surface area contributed by atoms with Gasteiger partial charge in [-0.2, -0.15) is 0 Å². The average molecular weight is 311 g/mol. The Labute approximate surface area is 132 Å². The molecule has 23 heavy (non-hydrogen) atoms. The summed E-state index contributed by atoms with van der Waals surface area (Å²) in [6.45, 7) is 0.940. The highest BCUT2D eigenvalue weighted by molar-refractivity contribution is 6.07. The number of nitrogens with zero attached hydrogens (tertiary/aromatic N) is 2. The number of carbonyl (C=O) groups excluding carboxylic acids is 2. The molecule has 0 radical (unpaired) electrons. The predicted octanol–water partition coefficient (Wildman–Crippen LogP) is 1.59. The zero-order valence-electron chi connectivity index (χ0n) is 12.3. The molecule has 2 aromatic rings. The topological polar surface area (TPSA) is 62.3 Å². The maximum absolute atomic E-state index is 13.0. The summed E-state index contributed by atoms with van der Waals surface area (Å²) in [5.41, 5.74) is 1.04. The summed E-state index contributed by atoms with van der Waals surface area (Å²) in [5.74, 6) is -0.687. The van der Waals surface area contributed by atoms with Gasteiger partial charge < -0.3 is 10.2 Å². The molecule has 5 nitrogen and oxygen atoms in total. The number of carbonyl (C=O) groups is 2. The first-order valence-electron chi connectivity index (χ1n) is 7.41. The van der Waals surface area contributed by atoms with Gasteiger partial charge in [-0.3, -0.25) is 14.6 Å². The van der Waals surface area contributed by atoms with Crippen LogP contribution < -0.4 is 5.32 Å². The van der Waals surface area contributed by atoms with E-state index in [1.807, 2.05) is 0 Å². The van der Waals surface area contributed by atoms with Crippen molar-refractivity contribution < 1.29 is 14.0 Å². The van der Waals surface area contributed by atoms with Crippen molar-refractivity contribution in [3.63, 3.8) is 0 Å². The standard InChI is InChI=1S/C17H14FN3O2/c18-12-3-1-11(2-4-12)10-21-8-6-17(16(21)23)14-5-7-19-9-13(14)15(22)20-17/h1-5,7,9H,6,8,10H2,(H,20,22). The SMILES string of the molecule is O=C1NC2(CCN(Cc3ccc(F)cc3)C2=O)c2ccncc21. The monoisotopic (exact) mass is 311 g/mol. The van der Waals surface area contributed by atoms with Gasteiger partial charge in [0.15, 0.2) is 0 Å². The molecule has 1 aromatic carbocycles. The third-order valence-electron chi connectivity index (χ3n) is 4.55. The van der Waals surface area contributed by atoms with E-state index in [-0.39, 0.29) is 17.6 Å². The Balaban J connectivity index is 1.63. The average Bonchev–Trinajstić information content (AvgIpc) is 3.03. The Hall–Kier alpha value is -2.76. The Morgan fingerprint density at radius 1 is 1.22 bits per heavy atom. The van der Waals surface area contributed by atoms with Gasteiger partial charge in [-0.1, -0.05) is 12.1 Å². The van der Waals surface area contributed by atoms with Crippen molar-refractivity contribution >= 4 is 11.8 Å². The van der Waals surface area contributed by atoms with Crippen LogP contribution in [0.5, 0.6) is 0 Å². The Morgan fingerprint density at radius 3 is 2.78 bits per heavy atom. The van der Waals surface area contributed by atoms with E-state index in [1.165, 1.54) is 18.3 Å². The van der Waals surface area contributed by atoms with E-state index in [4.69, 9.17) is 0 Å². The molecule has 116 valence electrons. The van der Waals surface area contributed by atoms with E-state index in [1.54, 1.807) is 29.3 Å². The molecule has 1 aromatic heterocycles. The lowest BCUT2D eigenvalue weighted by Crippen LogP contribution is -2.46. The van der Waals surface area contributed by atoms with Crippen LogP contribution >= 0.6 is 0 Å². The van der Waals surface area contributed by atoms with Crippen molar-refractivity contribution in [2.24, 2.45) is 0 Å². The van der Waals surface area contributed by atoms with Crippen molar-refractivity contribution in [3.05, 3.63) is 65.2 Å². The van der Waals surface area contributed by atoms with Gasteiger partial charge in [0.2, 0.25) is 0 Å². The van der Waals surface area contributed by atoms with Gasteiger partial charge in [0.25, 0.3) is 11.8 Å². The van der Waals surface area contributed by atoms with Gasteiger partial charge in [-0.15, -0.1) is 0 Å². The minimum absolute atomic E-state index is 0.125. The molecule has 1 unspecified atom stereocenters. The number of fused-ring (bicyclic) bond motifs is 2. The summed E-state index contributed by atoms with van der Waals surface area (Å²) in [6, 6.07) is 7.82. The molecule has 3 heterocycles. The van der Waals surface area contributed by atoms with Crippen LogP contribution in [-0.2, 0) is 16.9 Å². The lowest BCUT2D eigenvalue weighted by Gasteiger charge is -2.24. The highest BCUT2D eigenvalue weighted by Crippen LogP contribution is 2.39. The second kappa shape index (κ2) is 4.87. The molecular formula is C17H14FN3O2. The first-order chi connectivity index (χ1) is 11.1. The molecular weight excluding hydrogens is 297 g/mol. The number of rotatable bonds is 2. The fraction of sp³-hybridized carbons (Fsp3) is 0.235. The first kappa shape index (κ1) is 13.9. The Bertz CT molecular complexity index is 806. The van der Waals surface area contributed by atoms with Crippen LogP contribution in [0, 0.1) is 5.82 Å². The molecule has 0 aliphatic carbocycles. The molecule has 1 N–H and O–H groups in total. The summed E-state index contributed by atoms with van der Waals surface area (Å²) >= 11 is 0. The number of pyridine rings is 1. The van der Waals surface area contributed by atoms with Crippen molar-refractivity contribution in [2.45, 2.75) is 18.5 Å². The van der Waals surface area contributed by atoms with E-state index in [9.17, 15) is 14.0 Å². The van der Waals surface area contributed by atoms with Gasteiger partial charge in [0, 0.05) is 37.5 Å². The van der Waals surface area contributed by atoms with Crippen molar-refractivity contribution in [3.8, 4) is 0 Å². The van der Waals surface area contributed by atoms with E-state index in [0.717, 1.165) is 5.56 Å². The number of likely N-dealkylation sites (tertiary alicyclic amines) is 1. The summed E-state index contributed by atoms with van der Waals surface area (Å²) in [6.07, 6.45) is 3.61. The van der Waals surface area contributed by atoms with E-state index in [2.05, 4.69) is 10.3 Å². The zero-order valence-corrected chi connectivity index (χ0v) is 12.3. The highest BCUT2D eigenvalue weighted by Gasteiger charge is 2.54. The summed E-state index contributed by atoms with van der Waals surface area (Å²) < 4.78 is 13.0. The van der Waals surface area contributed by atoms with Crippen LogP contribution in [0.1, 0.15) is 27.9 Å². The molecule has 1 fully saturated rings. The van der Waals surface area contributed by atoms with Gasteiger partial charge in [-0.05, 0) is 23.8 Å².